The summed E-state index contributed by atoms with van der Waals surface area (Å²) in [7, 11) is -3.00. The third kappa shape index (κ3) is 3.33. The van der Waals surface area contributed by atoms with Crippen LogP contribution in [0, 0.1) is 10.8 Å². The molecule has 5 heteroatoms. The first-order chi connectivity index (χ1) is 14.4. The fraction of sp³-hybridized carbons (Fsp3) is 0.538. The van der Waals surface area contributed by atoms with Crippen molar-refractivity contribution in [3.63, 3.8) is 0 Å². The molecule has 0 radical (unpaired) electrons. The number of nitrogens with zero attached hydrogens (tertiary/aromatic N) is 1. The van der Waals surface area contributed by atoms with Gasteiger partial charge >= 0.3 is 195 Å². The summed E-state index contributed by atoms with van der Waals surface area (Å²) in [6.45, 7) is 16.0. The average molecular weight is 505 g/mol. The Morgan fingerprint density at radius 1 is 0.903 bits per heavy atom. The van der Waals surface area contributed by atoms with Crippen LogP contribution in [0.5, 0.6) is 0 Å². The van der Waals surface area contributed by atoms with Crippen LogP contribution in [0.4, 0.5) is 0 Å². The molecule has 2 heterocycles. The van der Waals surface area contributed by atoms with Crippen molar-refractivity contribution in [2.45, 2.75) is 76.0 Å². The van der Waals surface area contributed by atoms with E-state index in [2.05, 4.69) is 53.5 Å². The zero-order chi connectivity index (χ0) is 22.7. The summed E-state index contributed by atoms with van der Waals surface area (Å²) < 4.78 is 15.0. The number of hydroxylamine groups is 2. The molecule has 2 aromatic carbocycles. The number of fused-ring (bicyclic) bond motifs is 1. The van der Waals surface area contributed by atoms with E-state index in [9.17, 15) is 0 Å². The van der Waals surface area contributed by atoms with E-state index in [1.54, 1.807) is 0 Å². The van der Waals surface area contributed by atoms with Gasteiger partial charge in [0.2, 0.25) is 0 Å². The Morgan fingerprint density at radius 3 is 1.77 bits per heavy atom. The second-order valence-corrected chi connectivity index (χ2v) is 17.2. The molecule has 4 rings (SSSR count). The molecule has 0 saturated carbocycles. The van der Waals surface area contributed by atoms with Crippen molar-refractivity contribution in [3.8, 4) is 0 Å². The molecule has 0 spiro atoms. The molecule has 168 valence electrons. The summed E-state index contributed by atoms with van der Waals surface area (Å²) >= 11 is 0.249. The van der Waals surface area contributed by atoms with Crippen molar-refractivity contribution in [2.24, 2.45) is 10.8 Å². The predicted molar refractivity (Wildman–Crippen MR) is 132 cm³/mol. The van der Waals surface area contributed by atoms with E-state index in [1.807, 2.05) is 60.7 Å². The standard InChI is InChI=1S/C26H36NO2PSe/c1-23(2,3)26(24(4,5)6)29-27-22(31-26)18-19-25(27,7)30(28,20-14-10-8-11-15-20)21-16-12-9-13-17-21/h8-17,22H,18-19H2,1-7H3. The fourth-order valence-corrected chi connectivity index (χ4v) is 13.1. The van der Waals surface area contributed by atoms with Crippen LogP contribution in [0.2, 0.25) is 0 Å². The van der Waals surface area contributed by atoms with Crippen molar-refractivity contribution in [1.29, 1.82) is 0 Å². The molecule has 0 aliphatic carbocycles. The molecule has 31 heavy (non-hydrogen) atoms. The van der Waals surface area contributed by atoms with Crippen LogP contribution in [-0.2, 0) is 9.40 Å². The predicted octanol–water partition coefficient (Wildman–Crippen LogP) is 5.58. The van der Waals surface area contributed by atoms with E-state index in [4.69, 9.17) is 4.84 Å². The van der Waals surface area contributed by atoms with Crippen LogP contribution in [-0.4, -0.2) is 34.7 Å². The summed E-state index contributed by atoms with van der Waals surface area (Å²) in [6.07, 6.45) is 1.92. The van der Waals surface area contributed by atoms with E-state index < -0.39 is 12.4 Å². The SMILES string of the molecule is CC(C)(C)C1(C(C)(C)C)ON2C(CCC2(C)P(=O)(c2ccccc2)c2ccccc2)[Se]1. The first kappa shape index (κ1) is 23.3. The van der Waals surface area contributed by atoms with Crippen molar-refractivity contribution in [3.05, 3.63) is 60.7 Å². The third-order valence-electron chi connectivity index (χ3n) is 7.02. The van der Waals surface area contributed by atoms with E-state index in [-0.39, 0.29) is 30.3 Å². The summed E-state index contributed by atoms with van der Waals surface area (Å²) in [6, 6.07) is 20.2. The van der Waals surface area contributed by atoms with Crippen molar-refractivity contribution >= 4 is 32.7 Å². The molecular formula is C26H36NO2PSe. The molecular weight excluding hydrogens is 468 g/mol. The topological polar surface area (TPSA) is 29.5 Å². The van der Waals surface area contributed by atoms with Gasteiger partial charge in [0.15, 0.2) is 0 Å². The normalized spacial score (nSPS) is 26.7. The van der Waals surface area contributed by atoms with Gasteiger partial charge in [-0.3, -0.25) is 0 Å². The second-order valence-electron chi connectivity index (χ2n) is 11.1. The van der Waals surface area contributed by atoms with Gasteiger partial charge < -0.3 is 0 Å². The van der Waals surface area contributed by atoms with Crippen molar-refractivity contribution in [1.82, 2.24) is 5.06 Å². The van der Waals surface area contributed by atoms with E-state index in [0.29, 0.717) is 4.94 Å². The molecule has 2 unspecified atom stereocenters. The van der Waals surface area contributed by atoms with Gasteiger partial charge in [0.1, 0.15) is 0 Å². The van der Waals surface area contributed by atoms with Gasteiger partial charge in [0, 0.05) is 0 Å². The average Bonchev–Trinajstić information content (AvgIpc) is 3.27. The molecule has 0 amide bonds. The molecule has 0 N–H and O–H groups in total. The van der Waals surface area contributed by atoms with Gasteiger partial charge in [-0.2, -0.15) is 0 Å². The van der Waals surface area contributed by atoms with Crippen molar-refractivity contribution < 1.29 is 9.40 Å². The minimum absolute atomic E-state index is 0.0139. The fourth-order valence-electron chi connectivity index (χ4n) is 5.58. The summed E-state index contributed by atoms with van der Waals surface area (Å²) in [5, 5.41) is 3.49. The van der Waals surface area contributed by atoms with Gasteiger partial charge in [0.25, 0.3) is 0 Å². The van der Waals surface area contributed by atoms with Gasteiger partial charge in [-0.25, -0.2) is 0 Å². The molecule has 2 fully saturated rings. The van der Waals surface area contributed by atoms with E-state index in [1.165, 1.54) is 0 Å². The Labute approximate surface area is 194 Å². The molecule has 2 aliphatic rings. The van der Waals surface area contributed by atoms with Crippen LogP contribution in [0.15, 0.2) is 60.7 Å². The Kier molecular flexibility index (Phi) is 5.69. The zero-order valence-corrected chi connectivity index (χ0v) is 22.5. The van der Waals surface area contributed by atoms with E-state index in [0.717, 1.165) is 23.5 Å². The van der Waals surface area contributed by atoms with Crippen LogP contribution in [0.25, 0.3) is 0 Å². The van der Waals surface area contributed by atoms with Gasteiger partial charge in [-0.15, -0.1) is 0 Å². The van der Waals surface area contributed by atoms with Gasteiger partial charge in [-0.05, 0) is 0 Å². The Bertz CT molecular complexity index is 922. The van der Waals surface area contributed by atoms with E-state index >= 15 is 4.57 Å². The maximum absolute atomic E-state index is 15.3. The van der Waals surface area contributed by atoms with Crippen LogP contribution < -0.4 is 10.6 Å². The van der Waals surface area contributed by atoms with Crippen LogP contribution in [0.1, 0.15) is 61.3 Å². The molecule has 2 saturated heterocycles. The monoisotopic (exact) mass is 505 g/mol. The molecule has 0 aromatic heterocycles. The van der Waals surface area contributed by atoms with Crippen molar-refractivity contribution in [2.75, 3.05) is 0 Å². The maximum atomic E-state index is 15.3. The number of benzene rings is 2. The third-order valence-corrected chi connectivity index (χ3v) is 15.7. The first-order valence-corrected chi connectivity index (χ1v) is 14.8. The quantitative estimate of drug-likeness (QED) is 0.404. The summed E-state index contributed by atoms with van der Waals surface area (Å²) in [4.78, 5) is 7.44. The minimum atomic E-state index is -3.00. The Hall–Kier alpha value is -0.891. The number of rotatable bonds is 3. The number of hydrogen-bond acceptors (Lipinski definition) is 3. The first-order valence-electron chi connectivity index (χ1n) is 11.2. The van der Waals surface area contributed by atoms with Crippen LogP contribution in [0.3, 0.4) is 0 Å². The van der Waals surface area contributed by atoms with Gasteiger partial charge in [0.05, 0.1) is 0 Å². The van der Waals surface area contributed by atoms with Gasteiger partial charge in [-0.1, -0.05) is 0 Å². The molecule has 0 bridgehead atoms. The Balaban J connectivity index is 1.88. The molecule has 2 aliphatic heterocycles. The second kappa shape index (κ2) is 7.57. The molecule has 2 atom stereocenters. The van der Waals surface area contributed by atoms with Crippen LogP contribution >= 0.6 is 7.14 Å². The zero-order valence-electron chi connectivity index (χ0n) is 19.9. The molecule has 2 aromatic rings. The summed E-state index contributed by atoms with van der Waals surface area (Å²) in [5.41, 5.74) is -0.0278. The molecule has 3 nitrogen and oxygen atoms in total. The number of hydrogen-bond donors (Lipinski definition) is 0. The Morgan fingerprint density at radius 2 is 1.35 bits per heavy atom. The summed E-state index contributed by atoms with van der Waals surface area (Å²) in [5.74, 6) is 0.